The molecule has 0 saturated heterocycles. The van der Waals surface area contributed by atoms with Gasteiger partial charge in [0.2, 0.25) is 11.8 Å². The molecule has 4 aromatic rings. The Hall–Kier alpha value is -4.52. The number of anilines is 1. The van der Waals surface area contributed by atoms with Crippen LogP contribution in [-0.4, -0.2) is 22.8 Å². The Morgan fingerprint density at radius 2 is 1.43 bits per heavy atom. The topological polar surface area (TPSA) is 97.1 Å². The van der Waals surface area contributed by atoms with Crippen LogP contribution in [0.4, 0.5) is 10.2 Å². The van der Waals surface area contributed by atoms with Gasteiger partial charge in [0, 0.05) is 12.7 Å². The summed E-state index contributed by atoms with van der Waals surface area (Å²) in [4.78, 5) is 31.0. The molecule has 4 rings (SSSR count). The van der Waals surface area contributed by atoms with E-state index in [1.165, 1.54) is 12.1 Å². The van der Waals surface area contributed by atoms with Crippen molar-refractivity contribution in [2.24, 2.45) is 0 Å². The molecule has 188 valence electrons. The van der Waals surface area contributed by atoms with Gasteiger partial charge in [0.25, 0.3) is 0 Å². The smallest absolute Gasteiger partial charge is 0.242 e. The maximum Gasteiger partial charge on any atom is 0.242 e. The fraction of sp³-hybridized carbons (Fsp3) is 0.167. The van der Waals surface area contributed by atoms with Crippen molar-refractivity contribution in [3.05, 3.63) is 131 Å². The van der Waals surface area contributed by atoms with Crippen LogP contribution in [-0.2, 0) is 22.6 Å². The molecule has 7 heteroatoms. The van der Waals surface area contributed by atoms with E-state index in [2.05, 4.69) is 15.6 Å². The van der Waals surface area contributed by atoms with Crippen molar-refractivity contribution in [3.63, 3.8) is 0 Å². The molecule has 1 atom stereocenters. The molecule has 37 heavy (non-hydrogen) atoms. The average molecular weight is 497 g/mol. The summed E-state index contributed by atoms with van der Waals surface area (Å²) < 4.78 is 13.3. The standard InChI is InChI=1S/C30H29FN4O2/c31-25-14-11-22(12-15-25)20-34-29(36)26(16-13-21-17-18-33-27(32)19-21)35-30(37)28(23-7-3-1-4-8-23)24-9-5-2-6-10-24/h1-12,14-15,17-19,26,28H,13,16,20H2,(H2,32,33)(H,34,36)(H,35,37). The fourth-order valence-electron chi connectivity index (χ4n) is 4.19. The molecular weight excluding hydrogens is 467 g/mol. The van der Waals surface area contributed by atoms with E-state index in [9.17, 15) is 14.0 Å². The maximum atomic E-state index is 13.7. The number of nitrogens with zero attached hydrogens (tertiary/aromatic N) is 1. The Bertz CT molecular complexity index is 1280. The van der Waals surface area contributed by atoms with Gasteiger partial charge in [0.05, 0.1) is 5.92 Å². The molecule has 1 unspecified atom stereocenters. The number of hydrogen-bond donors (Lipinski definition) is 3. The van der Waals surface area contributed by atoms with Gasteiger partial charge in [-0.05, 0) is 59.4 Å². The lowest BCUT2D eigenvalue weighted by atomic mass is 9.90. The second-order valence-electron chi connectivity index (χ2n) is 8.79. The maximum absolute atomic E-state index is 13.7. The molecular formula is C30H29FN4O2. The van der Waals surface area contributed by atoms with Crippen molar-refractivity contribution in [2.75, 3.05) is 5.73 Å². The van der Waals surface area contributed by atoms with Gasteiger partial charge in [-0.3, -0.25) is 9.59 Å². The summed E-state index contributed by atoms with van der Waals surface area (Å²) in [6.45, 7) is 0.217. The second-order valence-corrected chi connectivity index (χ2v) is 8.79. The predicted octanol–water partition coefficient (Wildman–Crippen LogP) is 4.37. The molecule has 0 saturated carbocycles. The van der Waals surface area contributed by atoms with Gasteiger partial charge in [-0.2, -0.15) is 0 Å². The van der Waals surface area contributed by atoms with E-state index < -0.39 is 12.0 Å². The van der Waals surface area contributed by atoms with Crippen LogP contribution < -0.4 is 16.4 Å². The summed E-state index contributed by atoms with van der Waals surface area (Å²) in [6.07, 6.45) is 2.50. The molecule has 4 N–H and O–H groups in total. The number of nitrogens with two attached hydrogens (primary N) is 1. The third-order valence-corrected chi connectivity index (χ3v) is 6.11. The summed E-state index contributed by atoms with van der Waals surface area (Å²) in [6, 6.07) is 27.7. The number of hydrogen-bond acceptors (Lipinski definition) is 4. The highest BCUT2D eigenvalue weighted by molar-refractivity contribution is 5.92. The van der Waals surface area contributed by atoms with Crippen molar-refractivity contribution in [2.45, 2.75) is 31.3 Å². The summed E-state index contributed by atoms with van der Waals surface area (Å²) in [5, 5.41) is 5.86. The Kier molecular flexibility index (Phi) is 8.60. The zero-order valence-corrected chi connectivity index (χ0v) is 20.3. The molecule has 0 aliphatic carbocycles. The third kappa shape index (κ3) is 7.24. The summed E-state index contributed by atoms with van der Waals surface area (Å²) in [5.74, 6) is -1.11. The normalized spacial score (nSPS) is 11.6. The number of carbonyl (C=O) groups is 2. The highest BCUT2D eigenvalue weighted by atomic mass is 19.1. The van der Waals surface area contributed by atoms with Gasteiger partial charge in [0.15, 0.2) is 0 Å². The minimum Gasteiger partial charge on any atom is -0.384 e. The first kappa shape index (κ1) is 25.6. The zero-order chi connectivity index (χ0) is 26.0. The van der Waals surface area contributed by atoms with Crippen LogP contribution in [0.25, 0.3) is 0 Å². The highest BCUT2D eigenvalue weighted by Gasteiger charge is 2.27. The van der Waals surface area contributed by atoms with Crippen LogP contribution in [0, 0.1) is 5.82 Å². The first-order chi connectivity index (χ1) is 18.0. The number of benzene rings is 3. The van der Waals surface area contributed by atoms with Crippen molar-refractivity contribution < 1.29 is 14.0 Å². The lowest BCUT2D eigenvalue weighted by Gasteiger charge is -2.23. The minimum absolute atomic E-state index is 0.217. The monoisotopic (exact) mass is 496 g/mol. The van der Waals surface area contributed by atoms with E-state index in [-0.39, 0.29) is 24.2 Å². The number of rotatable bonds is 10. The average Bonchev–Trinajstić information content (AvgIpc) is 2.92. The van der Waals surface area contributed by atoms with Gasteiger partial charge in [-0.25, -0.2) is 9.37 Å². The number of aryl methyl sites for hydroxylation is 1. The first-order valence-electron chi connectivity index (χ1n) is 12.1. The fourth-order valence-corrected chi connectivity index (χ4v) is 4.19. The Labute approximate surface area is 215 Å². The molecule has 0 fully saturated rings. The van der Waals surface area contributed by atoms with E-state index in [1.54, 1.807) is 24.4 Å². The van der Waals surface area contributed by atoms with E-state index in [0.29, 0.717) is 18.7 Å². The van der Waals surface area contributed by atoms with Crippen molar-refractivity contribution in [1.29, 1.82) is 0 Å². The molecule has 0 aliphatic rings. The summed E-state index contributed by atoms with van der Waals surface area (Å²) >= 11 is 0. The number of pyridine rings is 1. The van der Waals surface area contributed by atoms with Gasteiger partial charge in [-0.15, -0.1) is 0 Å². The molecule has 0 spiro atoms. The Morgan fingerprint density at radius 1 is 0.811 bits per heavy atom. The third-order valence-electron chi connectivity index (χ3n) is 6.11. The SMILES string of the molecule is Nc1cc(CCC(NC(=O)C(c2ccccc2)c2ccccc2)C(=O)NCc2ccc(F)cc2)ccn1. The molecule has 0 aliphatic heterocycles. The van der Waals surface area contributed by atoms with Crippen molar-refractivity contribution in [1.82, 2.24) is 15.6 Å². The van der Waals surface area contributed by atoms with Gasteiger partial charge < -0.3 is 16.4 Å². The van der Waals surface area contributed by atoms with Crippen LogP contribution in [0.3, 0.4) is 0 Å². The van der Waals surface area contributed by atoms with Crippen LogP contribution in [0.15, 0.2) is 103 Å². The number of amides is 2. The minimum atomic E-state index is -0.794. The number of nitrogens with one attached hydrogen (secondary N) is 2. The molecule has 0 bridgehead atoms. The predicted molar refractivity (Wildman–Crippen MR) is 142 cm³/mol. The van der Waals surface area contributed by atoms with Crippen molar-refractivity contribution in [3.8, 4) is 0 Å². The van der Waals surface area contributed by atoms with Crippen LogP contribution >= 0.6 is 0 Å². The number of nitrogen functional groups attached to an aromatic ring is 1. The van der Waals surface area contributed by atoms with E-state index in [1.807, 2.05) is 66.7 Å². The van der Waals surface area contributed by atoms with Crippen LogP contribution in [0.5, 0.6) is 0 Å². The van der Waals surface area contributed by atoms with Crippen LogP contribution in [0.2, 0.25) is 0 Å². The molecule has 3 aromatic carbocycles. The van der Waals surface area contributed by atoms with Crippen molar-refractivity contribution >= 4 is 17.6 Å². The molecule has 1 heterocycles. The second kappa shape index (κ2) is 12.4. The molecule has 0 radical (unpaired) electrons. The summed E-state index contributed by atoms with van der Waals surface area (Å²) in [7, 11) is 0. The largest absolute Gasteiger partial charge is 0.384 e. The number of halogens is 1. The molecule has 6 nitrogen and oxygen atoms in total. The number of aromatic nitrogens is 1. The Balaban J connectivity index is 1.54. The molecule has 2 amide bonds. The van der Waals surface area contributed by atoms with E-state index in [4.69, 9.17) is 5.73 Å². The highest BCUT2D eigenvalue weighted by Crippen LogP contribution is 2.25. The van der Waals surface area contributed by atoms with E-state index >= 15 is 0 Å². The lowest BCUT2D eigenvalue weighted by Crippen LogP contribution is -2.48. The van der Waals surface area contributed by atoms with Gasteiger partial charge in [-0.1, -0.05) is 72.8 Å². The zero-order valence-electron chi connectivity index (χ0n) is 20.3. The quantitative estimate of drug-likeness (QED) is 0.304. The van der Waals surface area contributed by atoms with Crippen LogP contribution in [0.1, 0.15) is 34.6 Å². The van der Waals surface area contributed by atoms with Gasteiger partial charge >= 0.3 is 0 Å². The Morgan fingerprint density at radius 3 is 2.03 bits per heavy atom. The number of carbonyl (C=O) groups excluding carboxylic acids is 2. The van der Waals surface area contributed by atoms with E-state index in [0.717, 1.165) is 22.3 Å². The summed E-state index contributed by atoms with van der Waals surface area (Å²) in [5.41, 5.74) is 9.15. The molecule has 1 aromatic heterocycles. The first-order valence-corrected chi connectivity index (χ1v) is 12.1. The van der Waals surface area contributed by atoms with Gasteiger partial charge in [0.1, 0.15) is 17.7 Å². The lowest BCUT2D eigenvalue weighted by molar-refractivity contribution is -0.129.